The molecule has 2 amide bonds. The summed E-state index contributed by atoms with van der Waals surface area (Å²) in [4.78, 5) is 29.0. The van der Waals surface area contributed by atoms with Gasteiger partial charge in [-0.15, -0.1) is 0 Å². The van der Waals surface area contributed by atoms with E-state index in [0.29, 0.717) is 18.2 Å². The number of carbonyl (C=O) groups excluding carboxylic acids is 2. The standard InChI is InChI=1S/C23H24N2O3S/c26-22-21(29-23(27)25(22)17-24-13-5-2-6-14-24)15-18-9-11-20(12-10-18)28-16-19-7-3-1-4-8-19/h1,3-4,7-12,15H,2,5-6,13-14,16-17H2/b21-15-. The predicted octanol–water partition coefficient (Wildman–Crippen LogP) is 4.75. The Morgan fingerprint density at radius 3 is 2.38 bits per heavy atom. The van der Waals surface area contributed by atoms with Gasteiger partial charge in [0.25, 0.3) is 11.1 Å². The number of rotatable bonds is 6. The molecule has 2 aliphatic heterocycles. The summed E-state index contributed by atoms with van der Waals surface area (Å²) in [5.41, 5.74) is 1.99. The van der Waals surface area contributed by atoms with Crippen molar-refractivity contribution < 1.29 is 14.3 Å². The van der Waals surface area contributed by atoms with Crippen molar-refractivity contribution in [3.63, 3.8) is 0 Å². The van der Waals surface area contributed by atoms with Gasteiger partial charge in [-0.05, 0) is 67.0 Å². The van der Waals surface area contributed by atoms with E-state index in [4.69, 9.17) is 4.74 Å². The van der Waals surface area contributed by atoms with Crippen LogP contribution >= 0.6 is 11.8 Å². The molecule has 0 spiro atoms. The van der Waals surface area contributed by atoms with Crippen molar-refractivity contribution in [1.29, 1.82) is 0 Å². The number of likely N-dealkylation sites (tertiary alicyclic amines) is 1. The summed E-state index contributed by atoms with van der Waals surface area (Å²) >= 11 is 1.02. The van der Waals surface area contributed by atoms with Crippen molar-refractivity contribution in [2.45, 2.75) is 25.9 Å². The SMILES string of the molecule is O=C1S/C(=C\c2ccc(OCc3ccccc3)cc2)C(=O)N1CN1CCCCC1. The molecule has 0 aliphatic carbocycles. The third kappa shape index (κ3) is 5.08. The number of piperidine rings is 1. The molecule has 2 fully saturated rings. The smallest absolute Gasteiger partial charge is 0.294 e. The quantitative estimate of drug-likeness (QED) is 0.646. The highest BCUT2D eigenvalue weighted by atomic mass is 32.2. The van der Waals surface area contributed by atoms with Gasteiger partial charge >= 0.3 is 0 Å². The van der Waals surface area contributed by atoms with E-state index in [1.165, 1.54) is 11.3 Å². The molecular weight excluding hydrogens is 384 g/mol. The van der Waals surface area contributed by atoms with Gasteiger partial charge in [-0.3, -0.25) is 19.4 Å². The van der Waals surface area contributed by atoms with E-state index in [1.807, 2.05) is 54.6 Å². The zero-order valence-electron chi connectivity index (χ0n) is 16.3. The lowest BCUT2D eigenvalue weighted by molar-refractivity contribution is -0.124. The van der Waals surface area contributed by atoms with E-state index in [-0.39, 0.29) is 11.1 Å². The number of imide groups is 1. The summed E-state index contributed by atoms with van der Waals surface area (Å²) in [6, 6.07) is 17.6. The van der Waals surface area contributed by atoms with Crippen molar-refractivity contribution in [2.75, 3.05) is 19.8 Å². The molecule has 5 nitrogen and oxygen atoms in total. The van der Waals surface area contributed by atoms with Crippen LogP contribution in [0.2, 0.25) is 0 Å². The molecule has 6 heteroatoms. The van der Waals surface area contributed by atoms with Crippen LogP contribution in [0.5, 0.6) is 5.75 Å². The van der Waals surface area contributed by atoms with Crippen LogP contribution in [-0.2, 0) is 11.4 Å². The normalized spacial score (nSPS) is 19.2. The Hall–Kier alpha value is -2.57. The van der Waals surface area contributed by atoms with Crippen LogP contribution in [0.3, 0.4) is 0 Å². The summed E-state index contributed by atoms with van der Waals surface area (Å²) in [5, 5.41) is -0.186. The van der Waals surface area contributed by atoms with Crippen molar-refractivity contribution >= 4 is 29.0 Å². The van der Waals surface area contributed by atoms with Gasteiger partial charge in [-0.2, -0.15) is 0 Å². The molecule has 2 aliphatic rings. The number of nitrogens with zero attached hydrogens (tertiary/aromatic N) is 2. The Morgan fingerprint density at radius 2 is 1.66 bits per heavy atom. The number of hydrogen-bond donors (Lipinski definition) is 0. The van der Waals surface area contributed by atoms with Gasteiger partial charge in [0, 0.05) is 0 Å². The lowest BCUT2D eigenvalue weighted by Gasteiger charge is -2.29. The summed E-state index contributed by atoms with van der Waals surface area (Å²) in [6.45, 7) is 2.81. The summed E-state index contributed by atoms with van der Waals surface area (Å²) in [7, 11) is 0. The fourth-order valence-corrected chi connectivity index (χ4v) is 4.31. The van der Waals surface area contributed by atoms with Crippen molar-refractivity contribution in [3.8, 4) is 5.75 Å². The van der Waals surface area contributed by atoms with Gasteiger partial charge in [0.15, 0.2) is 0 Å². The summed E-state index contributed by atoms with van der Waals surface area (Å²) in [6.07, 6.45) is 5.26. The second-order valence-corrected chi connectivity index (χ2v) is 8.27. The Morgan fingerprint density at radius 1 is 0.931 bits per heavy atom. The summed E-state index contributed by atoms with van der Waals surface area (Å²) < 4.78 is 5.80. The Kier molecular flexibility index (Phi) is 6.32. The fraction of sp³-hybridized carbons (Fsp3) is 0.304. The van der Waals surface area contributed by atoms with Crippen LogP contribution in [-0.4, -0.2) is 40.7 Å². The largest absolute Gasteiger partial charge is 0.489 e. The van der Waals surface area contributed by atoms with E-state index < -0.39 is 0 Å². The fourth-order valence-electron chi connectivity index (χ4n) is 3.48. The van der Waals surface area contributed by atoms with Crippen LogP contribution in [0, 0.1) is 0 Å². The van der Waals surface area contributed by atoms with Gasteiger partial charge in [-0.1, -0.05) is 48.9 Å². The highest BCUT2D eigenvalue weighted by Gasteiger charge is 2.36. The maximum Gasteiger partial charge on any atom is 0.294 e. The average Bonchev–Trinajstić information content (AvgIpc) is 3.02. The summed E-state index contributed by atoms with van der Waals surface area (Å²) in [5.74, 6) is 0.569. The third-order valence-corrected chi connectivity index (χ3v) is 6.00. The molecule has 0 saturated carbocycles. The topological polar surface area (TPSA) is 49.9 Å². The number of carbonyl (C=O) groups is 2. The third-order valence-electron chi connectivity index (χ3n) is 5.09. The van der Waals surface area contributed by atoms with Crippen LogP contribution in [0.25, 0.3) is 6.08 Å². The van der Waals surface area contributed by atoms with E-state index >= 15 is 0 Å². The maximum atomic E-state index is 12.7. The molecule has 2 saturated heterocycles. The molecule has 2 heterocycles. The molecule has 150 valence electrons. The van der Waals surface area contributed by atoms with Crippen LogP contribution in [0.4, 0.5) is 4.79 Å². The van der Waals surface area contributed by atoms with Gasteiger partial charge in [0.05, 0.1) is 11.6 Å². The van der Waals surface area contributed by atoms with Crippen LogP contribution in [0.1, 0.15) is 30.4 Å². The van der Waals surface area contributed by atoms with Crippen molar-refractivity contribution in [3.05, 3.63) is 70.6 Å². The molecule has 29 heavy (non-hydrogen) atoms. The molecule has 2 aromatic rings. The molecule has 0 atom stereocenters. The first-order valence-corrected chi connectivity index (χ1v) is 10.8. The first-order chi connectivity index (χ1) is 14.2. The Bertz CT molecular complexity index is 890. The molecule has 0 N–H and O–H groups in total. The van der Waals surface area contributed by atoms with Crippen molar-refractivity contribution in [2.24, 2.45) is 0 Å². The van der Waals surface area contributed by atoms with Gasteiger partial charge in [0.1, 0.15) is 12.4 Å². The highest BCUT2D eigenvalue weighted by molar-refractivity contribution is 8.18. The Balaban J connectivity index is 1.37. The van der Waals surface area contributed by atoms with Gasteiger partial charge in [-0.25, -0.2) is 0 Å². The van der Waals surface area contributed by atoms with E-state index in [9.17, 15) is 9.59 Å². The minimum absolute atomic E-state index is 0.186. The minimum Gasteiger partial charge on any atom is -0.489 e. The van der Waals surface area contributed by atoms with Crippen LogP contribution < -0.4 is 4.74 Å². The second kappa shape index (κ2) is 9.29. The van der Waals surface area contributed by atoms with Crippen LogP contribution in [0.15, 0.2) is 59.5 Å². The van der Waals surface area contributed by atoms with E-state index in [0.717, 1.165) is 54.6 Å². The van der Waals surface area contributed by atoms with Gasteiger partial charge < -0.3 is 4.74 Å². The predicted molar refractivity (Wildman–Crippen MR) is 115 cm³/mol. The van der Waals surface area contributed by atoms with Crippen molar-refractivity contribution in [1.82, 2.24) is 9.80 Å². The first kappa shape index (κ1) is 19.7. The number of ether oxygens (including phenoxy) is 1. The second-order valence-electron chi connectivity index (χ2n) is 7.27. The zero-order valence-corrected chi connectivity index (χ0v) is 17.1. The maximum absolute atomic E-state index is 12.7. The Labute approximate surface area is 175 Å². The molecule has 0 unspecified atom stereocenters. The molecule has 0 radical (unpaired) electrons. The lowest BCUT2D eigenvalue weighted by atomic mass is 10.1. The minimum atomic E-state index is -0.199. The number of thioether (sulfide) groups is 1. The highest BCUT2D eigenvalue weighted by Crippen LogP contribution is 2.32. The molecule has 2 aromatic carbocycles. The van der Waals surface area contributed by atoms with E-state index in [1.54, 1.807) is 6.08 Å². The molecular formula is C23H24N2O3S. The molecule has 0 bridgehead atoms. The van der Waals surface area contributed by atoms with Gasteiger partial charge in [0.2, 0.25) is 0 Å². The molecule has 4 rings (SSSR count). The lowest BCUT2D eigenvalue weighted by Crippen LogP contribution is -2.42. The number of hydrogen-bond acceptors (Lipinski definition) is 5. The number of benzene rings is 2. The monoisotopic (exact) mass is 408 g/mol. The van der Waals surface area contributed by atoms with E-state index in [2.05, 4.69) is 4.90 Å². The first-order valence-electron chi connectivity index (χ1n) is 9.93. The molecule has 0 aromatic heterocycles. The average molecular weight is 409 g/mol. The number of amides is 2. The zero-order chi connectivity index (χ0) is 20.1.